The number of carbonyl (C=O) groups is 1. The highest BCUT2D eigenvalue weighted by Crippen LogP contribution is 2.23. The van der Waals surface area contributed by atoms with E-state index in [1.165, 1.54) is 0 Å². The molecule has 1 aliphatic rings. The number of nitrogens with one attached hydrogen (secondary N) is 2. The molecule has 0 saturated carbocycles. The van der Waals surface area contributed by atoms with E-state index in [9.17, 15) is 4.79 Å². The van der Waals surface area contributed by atoms with Crippen LogP contribution in [0.1, 0.15) is 31.7 Å². The van der Waals surface area contributed by atoms with Gasteiger partial charge in [-0.2, -0.15) is 0 Å². The van der Waals surface area contributed by atoms with Crippen molar-refractivity contribution in [1.29, 1.82) is 0 Å². The predicted octanol–water partition coefficient (Wildman–Crippen LogP) is 1.89. The van der Waals surface area contributed by atoms with Gasteiger partial charge in [0.25, 0.3) is 0 Å². The number of amides is 1. The maximum atomic E-state index is 12.1. The Morgan fingerprint density at radius 1 is 1.27 bits per heavy atom. The maximum absolute atomic E-state index is 12.1. The molecule has 1 heterocycles. The van der Waals surface area contributed by atoms with E-state index in [2.05, 4.69) is 17.6 Å². The molecule has 5 heteroatoms. The van der Waals surface area contributed by atoms with E-state index in [1.807, 2.05) is 18.2 Å². The Hall–Kier alpha value is -1.75. The van der Waals surface area contributed by atoms with Crippen molar-refractivity contribution in [3.8, 4) is 11.5 Å². The van der Waals surface area contributed by atoms with Crippen LogP contribution in [0.3, 0.4) is 0 Å². The fourth-order valence-corrected chi connectivity index (χ4v) is 2.79. The summed E-state index contributed by atoms with van der Waals surface area (Å²) < 4.78 is 10.5. The van der Waals surface area contributed by atoms with Crippen LogP contribution in [0, 0.1) is 0 Å². The van der Waals surface area contributed by atoms with Crippen molar-refractivity contribution >= 4 is 5.91 Å². The van der Waals surface area contributed by atoms with Gasteiger partial charge in [0.2, 0.25) is 5.91 Å². The van der Waals surface area contributed by atoms with Gasteiger partial charge in [-0.05, 0) is 50.4 Å². The summed E-state index contributed by atoms with van der Waals surface area (Å²) in [7, 11) is 3.26. The van der Waals surface area contributed by atoms with Gasteiger partial charge in [-0.15, -0.1) is 0 Å². The minimum atomic E-state index is 0.0994. The summed E-state index contributed by atoms with van der Waals surface area (Å²) in [6.45, 7) is 3.16. The average Bonchev–Trinajstić information content (AvgIpc) is 2.54. The Balaban J connectivity index is 1.87. The van der Waals surface area contributed by atoms with Crippen LogP contribution in [0.15, 0.2) is 18.2 Å². The number of piperidine rings is 1. The zero-order valence-electron chi connectivity index (χ0n) is 13.6. The third kappa shape index (κ3) is 4.63. The topological polar surface area (TPSA) is 59.6 Å². The van der Waals surface area contributed by atoms with Crippen LogP contribution in [0.2, 0.25) is 0 Å². The molecule has 0 aliphatic carbocycles. The molecule has 2 rings (SSSR count). The fraction of sp³-hybridized carbons (Fsp3) is 0.588. The summed E-state index contributed by atoms with van der Waals surface area (Å²) in [6.07, 6.45) is 3.31. The fourth-order valence-electron chi connectivity index (χ4n) is 2.79. The van der Waals surface area contributed by atoms with Gasteiger partial charge >= 0.3 is 0 Å². The molecule has 1 aromatic rings. The third-order valence-electron chi connectivity index (χ3n) is 4.16. The van der Waals surface area contributed by atoms with Crippen LogP contribution in [-0.4, -0.2) is 38.8 Å². The average molecular weight is 306 g/mol. The Labute approximate surface area is 132 Å². The van der Waals surface area contributed by atoms with E-state index >= 15 is 0 Å². The molecule has 1 aromatic carbocycles. The summed E-state index contributed by atoms with van der Waals surface area (Å²) in [6, 6.07) is 6.30. The largest absolute Gasteiger partial charge is 0.497 e. The molecule has 2 unspecified atom stereocenters. The number of aryl methyl sites for hydroxylation is 1. The van der Waals surface area contributed by atoms with Crippen LogP contribution < -0.4 is 20.1 Å². The van der Waals surface area contributed by atoms with Crippen molar-refractivity contribution in [2.75, 3.05) is 20.8 Å². The van der Waals surface area contributed by atoms with Crippen molar-refractivity contribution in [2.24, 2.45) is 0 Å². The van der Waals surface area contributed by atoms with Crippen LogP contribution in [0.25, 0.3) is 0 Å². The van der Waals surface area contributed by atoms with Gasteiger partial charge in [-0.3, -0.25) is 4.79 Å². The second-order valence-electron chi connectivity index (χ2n) is 5.78. The molecule has 2 atom stereocenters. The molecule has 0 bridgehead atoms. The van der Waals surface area contributed by atoms with E-state index in [0.29, 0.717) is 18.9 Å². The molecule has 122 valence electrons. The van der Waals surface area contributed by atoms with Crippen molar-refractivity contribution < 1.29 is 14.3 Å². The summed E-state index contributed by atoms with van der Waals surface area (Å²) in [5.74, 6) is 1.60. The predicted molar refractivity (Wildman–Crippen MR) is 86.5 cm³/mol. The van der Waals surface area contributed by atoms with Crippen LogP contribution in [-0.2, 0) is 11.2 Å². The number of ether oxygens (including phenoxy) is 2. The Kier molecular flexibility index (Phi) is 6.07. The molecule has 1 saturated heterocycles. The molecule has 22 heavy (non-hydrogen) atoms. The smallest absolute Gasteiger partial charge is 0.220 e. The first-order valence-electron chi connectivity index (χ1n) is 7.87. The molecule has 2 N–H and O–H groups in total. The van der Waals surface area contributed by atoms with Crippen molar-refractivity contribution in [2.45, 2.75) is 44.7 Å². The van der Waals surface area contributed by atoms with Gasteiger partial charge in [-0.1, -0.05) is 0 Å². The van der Waals surface area contributed by atoms with E-state index in [1.54, 1.807) is 14.2 Å². The molecule has 1 aliphatic heterocycles. The van der Waals surface area contributed by atoms with E-state index in [4.69, 9.17) is 9.47 Å². The molecular weight excluding hydrogens is 280 g/mol. The highest BCUT2D eigenvalue weighted by molar-refractivity contribution is 5.76. The second-order valence-corrected chi connectivity index (χ2v) is 5.78. The van der Waals surface area contributed by atoms with Gasteiger partial charge in [-0.25, -0.2) is 0 Å². The monoisotopic (exact) mass is 306 g/mol. The summed E-state index contributed by atoms with van der Waals surface area (Å²) in [4.78, 5) is 12.1. The van der Waals surface area contributed by atoms with Crippen LogP contribution >= 0.6 is 0 Å². The maximum Gasteiger partial charge on any atom is 0.220 e. The molecule has 1 amide bonds. The lowest BCUT2D eigenvalue weighted by atomic mass is 9.99. The Bertz CT molecular complexity index is 482. The van der Waals surface area contributed by atoms with Crippen molar-refractivity contribution in [3.63, 3.8) is 0 Å². The van der Waals surface area contributed by atoms with Gasteiger partial charge < -0.3 is 20.1 Å². The normalized spacial score (nSPS) is 21.2. The number of rotatable bonds is 6. The zero-order chi connectivity index (χ0) is 15.9. The van der Waals surface area contributed by atoms with Crippen LogP contribution in [0.5, 0.6) is 11.5 Å². The lowest BCUT2D eigenvalue weighted by molar-refractivity contribution is -0.122. The number of hydrogen-bond donors (Lipinski definition) is 2. The van der Waals surface area contributed by atoms with Gasteiger partial charge in [0.1, 0.15) is 11.5 Å². The molecular formula is C17H26N2O3. The molecule has 0 spiro atoms. The summed E-state index contributed by atoms with van der Waals surface area (Å²) >= 11 is 0. The van der Waals surface area contributed by atoms with Crippen molar-refractivity contribution in [3.05, 3.63) is 23.8 Å². The zero-order valence-corrected chi connectivity index (χ0v) is 13.6. The number of carbonyl (C=O) groups excluding carboxylic acids is 1. The molecule has 5 nitrogen and oxygen atoms in total. The third-order valence-corrected chi connectivity index (χ3v) is 4.16. The Morgan fingerprint density at radius 3 is 2.55 bits per heavy atom. The first-order valence-corrected chi connectivity index (χ1v) is 7.87. The van der Waals surface area contributed by atoms with E-state index in [-0.39, 0.29) is 11.9 Å². The molecule has 1 fully saturated rings. The minimum absolute atomic E-state index is 0.0994. The minimum Gasteiger partial charge on any atom is -0.497 e. The van der Waals surface area contributed by atoms with Gasteiger partial charge in [0, 0.05) is 24.6 Å². The Morgan fingerprint density at radius 2 is 1.95 bits per heavy atom. The van der Waals surface area contributed by atoms with Gasteiger partial charge in [0.15, 0.2) is 0 Å². The number of benzene rings is 1. The highest BCUT2D eigenvalue weighted by atomic mass is 16.5. The van der Waals surface area contributed by atoms with Crippen LogP contribution in [0.4, 0.5) is 0 Å². The standard InChI is InChI=1S/C17H26N2O3/c1-12-16(5-4-8-18-12)19-17(20)7-6-13-9-14(21-2)11-15(10-13)22-3/h9-12,16,18H,4-8H2,1-3H3,(H,19,20). The first kappa shape index (κ1) is 16.6. The summed E-state index contributed by atoms with van der Waals surface area (Å²) in [5.41, 5.74) is 1.04. The van der Waals surface area contributed by atoms with E-state index in [0.717, 1.165) is 36.4 Å². The van der Waals surface area contributed by atoms with E-state index < -0.39 is 0 Å². The molecule has 0 radical (unpaired) electrons. The molecule has 0 aromatic heterocycles. The highest BCUT2D eigenvalue weighted by Gasteiger charge is 2.22. The first-order chi connectivity index (χ1) is 10.6. The SMILES string of the molecule is COc1cc(CCC(=O)NC2CCCNC2C)cc(OC)c1. The lowest BCUT2D eigenvalue weighted by Gasteiger charge is -2.30. The number of methoxy groups -OCH3 is 2. The van der Waals surface area contributed by atoms with Gasteiger partial charge in [0.05, 0.1) is 14.2 Å². The number of hydrogen-bond acceptors (Lipinski definition) is 4. The van der Waals surface area contributed by atoms with Crippen molar-refractivity contribution in [1.82, 2.24) is 10.6 Å². The lowest BCUT2D eigenvalue weighted by Crippen LogP contribution is -2.51. The second kappa shape index (κ2) is 8.03. The summed E-state index contributed by atoms with van der Waals surface area (Å²) in [5, 5.41) is 6.53. The quantitative estimate of drug-likeness (QED) is 0.843.